The van der Waals surface area contributed by atoms with Crippen molar-refractivity contribution in [3.63, 3.8) is 0 Å². The molecule has 1 aliphatic rings. The Morgan fingerprint density at radius 3 is 1.83 bits per heavy atom. The van der Waals surface area contributed by atoms with E-state index >= 15 is 0 Å². The average Bonchev–Trinajstić information content (AvgIpc) is 2.69. The molecule has 0 saturated heterocycles. The van der Waals surface area contributed by atoms with Gasteiger partial charge < -0.3 is 5.73 Å². The van der Waals surface area contributed by atoms with Crippen molar-refractivity contribution in [3.05, 3.63) is 0 Å². The Balaban J connectivity index is 2.84. The van der Waals surface area contributed by atoms with Crippen molar-refractivity contribution in [1.29, 1.82) is 0 Å². The third kappa shape index (κ3) is 1.19. The summed E-state index contributed by atoms with van der Waals surface area (Å²) in [6.45, 7) is 11.6. The fourth-order valence-corrected chi connectivity index (χ4v) is 1.88. The molecule has 12 heavy (non-hydrogen) atoms. The van der Waals surface area contributed by atoms with Gasteiger partial charge in [0.1, 0.15) is 0 Å². The van der Waals surface area contributed by atoms with Crippen molar-refractivity contribution >= 4 is 0 Å². The van der Waals surface area contributed by atoms with Gasteiger partial charge in [0.05, 0.1) is 0 Å². The smallest absolute Gasteiger partial charge is 0.0212 e. The summed E-state index contributed by atoms with van der Waals surface area (Å²) in [7, 11) is 0. The lowest BCUT2D eigenvalue weighted by Crippen LogP contribution is -2.49. The van der Waals surface area contributed by atoms with Crippen LogP contribution in [0.25, 0.3) is 0 Å². The van der Waals surface area contributed by atoms with Crippen molar-refractivity contribution in [2.75, 3.05) is 0 Å². The first-order chi connectivity index (χ1) is 5.27. The van der Waals surface area contributed by atoms with Crippen LogP contribution in [0.4, 0.5) is 0 Å². The molecule has 72 valence electrons. The van der Waals surface area contributed by atoms with Gasteiger partial charge in [-0.2, -0.15) is 0 Å². The summed E-state index contributed by atoms with van der Waals surface area (Å²) >= 11 is 0. The van der Waals surface area contributed by atoms with Crippen molar-refractivity contribution in [3.8, 4) is 0 Å². The van der Waals surface area contributed by atoms with Gasteiger partial charge >= 0.3 is 0 Å². The van der Waals surface area contributed by atoms with E-state index in [1.54, 1.807) is 0 Å². The second kappa shape index (κ2) is 2.47. The fraction of sp³-hybridized carbons (Fsp3) is 1.00. The van der Waals surface area contributed by atoms with E-state index in [9.17, 15) is 0 Å². The highest BCUT2D eigenvalue weighted by Gasteiger charge is 2.56. The van der Waals surface area contributed by atoms with Gasteiger partial charge in [0, 0.05) is 5.54 Å². The third-order valence-electron chi connectivity index (χ3n) is 4.61. The summed E-state index contributed by atoms with van der Waals surface area (Å²) in [5.74, 6) is 0. The van der Waals surface area contributed by atoms with Gasteiger partial charge in [-0.15, -0.1) is 0 Å². The maximum Gasteiger partial charge on any atom is 0.0212 e. The van der Waals surface area contributed by atoms with E-state index in [1.807, 2.05) is 0 Å². The van der Waals surface area contributed by atoms with Crippen LogP contribution in [-0.2, 0) is 0 Å². The van der Waals surface area contributed by atoms with Gasteiger partial charge in [-0.05, 0) is 23.7 Å². The predicted octanol–water partition coefficient (Wildman–Crippen LogP) is 2.94. The molecule has 0 spiro atoms. The molecule has 0 aromatic carbocycles. The van der Waals surface area contributed by atoms with E-state index in [0.717, 1.165) is 0 Å². The molecule has 1 rings (SSSR count). The van der Waals surface area contributed by atoms with E-state index in [1.165, 1.54) is 19.3 Å². The normalized spacial score (nSPS) is 22.5. The van der Waals surface area contributed by atoms with E-state index in [-0.39, 0.29) is 11.0 Å². The topological polar surface area (TPSA) is 26.0 Å². The number of hydrogen-bond donors (Lipinski definition) is 1. The van der Waals surface area contributed by atoms with Crippen LogP contribution < -0.4 is 5.73 Å². The molecule has 2 N–H and O–H groups in total. The molecule has 1 fully saturated rings. The van der Waals surface area contributed by atoms with Crippen LogP contribution in [0.2, 0.25) is 0 Å². The average molecular weight is 169 g/mol. The lowest BCUT2D eigenvalue weighted by Gasteiger charge is -2.46. The highest BCUT2D eigenvalue weighted by molar-refractivity contribution is 5.13. The molecule has 0 aromatic heterocycles. The number of nitrogens with two attached hydrogens (primary N) is 1. The van der Waals surface area contributed by atoms with Gasteiger partial charge in [-0.3, -0.25) is 0 Å². The zero-order valence-electron chi connectivity index (χ0n) is 9.20. The molecule has 1 nitrogen and oxygen atoms in total. The van der Waals surface area contributed by atoms with Crippen LogP contribution in [0, 0.1) is 10.8 Å². The van der Waals surface area contributed by atoms with Crippen LogP contribution in [0.5, 0.6) is 0 Å². The molecule has 0 radical (unpaired) electrons. The minimum atomic E-state index is 0.131. The molecule has 0 amide bonds. The first-order valence-corrected chi connectivity index (χ1v) is 5.06. The van der Waals surface area contributed by atoms with Gasteiger partial charge in [-0.1, -0.05) is 41.0 Å². The van der Waals surface area contributed by atoms with Crippen LogP contribution in [0.3, 0.4) is 0 Å². The summed E-state index contributed by atoms with van der Waals surface area (Å²) in [5, 5.41) is 0. The Bertz CT molecular complexity index is 175. The van der Waals surface area contributed by atoms with Crippen molar-refractivity contribution < 1.29 is 0 Å². The summed E-state index contributed by atoms with van der Waals surface area (Å²) in [5.41, 5.74) is 7.05. The van der Waals surface area contributed by atoms with Gasteiger partial charge in [0.2, 0.25) is 0 Å². The molecular weight excluding hydrogens is 146 g/mol. The standard InChI is InChI=1S/C11H23N/c1-6-9(2,3)10(4,5)11(12)7-8-11/h6-8,12H2,1-5H3. The zero-order valence-corrected chi connectivity index (χ0v) is 9.20. The Hall–Kier alpha value is -0.0400. The van der Waals surface area contributed by atoms with Crippen molar-refractivity contribution in [1.82, 2.24) is 0 Å². The second-order valence-electron chi connectivity index (χ2n) is 5.52. The van der Waals surface area contributed by atoms with E-state index < -0.39 is 0 Å². The zero-order chi connectivity index (χ0) is 9.62. The van der Waals surface area contributed by atoms with Gasteiger partial charge in [0.15, 0.2) is 0 Å². The monoisotopic (exact) mass is 169 g/mol. The summed E-state index contributed by atoms with van der Waals surface area (Å²) in [4.78, 5) is 0. The molecule has 1 heteroatoms. The van der Waals surface area contributed by atoms with E-state index in [4.69, 9.17) is 5.73 Å². The summed E-state index contributed by atoms with van der Waals surface area (Å²) in [6, 6.07) is 0. The quantitative estimate of drug-likeness (QED) is 0.690. The lowest BCUT2D eigenvalue weighted by molar-refractivity contribution is 0.0621. The Labute approximate surface area is 76.7 Å². The first-order valence-electron chi connectivity index (χ1n) is 5.06. The van der Waals surface area contributed by atoms with Crippen LogP contribution in [0.1, 0.15) is 53.9 Å². The second-order valence-corrected chi connectivity index (χ2v) is 5.52. The van der Waals surface area contributed by atoms with Crippen LogP contribution in [-0.4, -0.2) is 5.54 Å². The van der Waals surface area contributed by atoms with Gasteiger partial charge in [-0.25, -0.2) is 0 Å². The number of hydrogen-bond acceptors (Lipinski definition) is 1. The minimum Gasteiger partial charge on any atom is -0.325 e. The maximum absolute atomic E-state index is 6.29. The van der Waals surface area contributed by atoms with E-state index in [2.05, 4.69) is 34.6 Å². The molecular formula is C11H23N. The highest BCUT2D eigenvalue weighted by Crippen LogP contribution is 2.57. The summed E-state index contributed by atoms with van der Waals surface area (Å²) < 4.78 is 0. The lowest BCUT2D eigenvalue weighted by atomic mass is 9.61. The molecule has 0 aliphatic heterocycles. The Morgan fingerprint density at radius 2 is 1.58 bits per heavy atom. The highest BCUT2D eigenvalue weighted by atomic mass is 14.9. The molecule has 1 aliphatic carbocycles. The molecule has 0 bridgehead atoms. The van der Waals surface area contributed by atoms with Crippen LogP contribution in [0.15, 0.2) is 0 Å². The summed E-state index contributed by atoms with van der Waals surface area (Å²) in [6.07, 6.45) is 3.63. The Morgan fingerprint density at radius 1 is 1.17 bits per heavy atom. The van der Waals surface area contributed by atoms with E-state index in [0.29, 0.717) is 5.41 Å². The largest absolute Gasteiger partial charge is 0.325 e. The first kappa shape index (κ1) is 10.0. The number of rotatable bonds is 3. The molecule has 0 unspecified atom stereocenters. The molecule has 1 saturated carbocycles. The fourth-order valence-electron chi connectivity index (χ4n) is 1.88. The molecule has 0 heterocycles. The van der Waals surface area contributed by atoms with Crippen molar-refractivity contribution in [2.24, 2.45) is 16.6 Å². The maximum atomic E-state index is 6.29. The predicted molar refractivity (Wildman–Crippen MR) is 54.0 cm³/mol. The third-order valence-corrected chi connectivity index (χ3v) is 4.61. The SMILES string of the molecule is CCC(C)(C)C(C)(C)C1(N)CC1. The van der Waals surface area contributed by atoms with Crippen LogP contribution >= 0.6 is 0 Å². The Kier molecular flexibility index (Phi) is 2.07. The molecule has 0 atom stereocenters. The van der Waals surface area contributed by atoms with Gasteiger partial charge in [0.25, 0.3) is 0 Å². The molecule has 0 aromatic rings. The van der Waals surface area contributed by atoms with Crippen molar-refractivity contribution in [2.45, 2.75) is 59.4 Å². The minimum absolute atomic E-state index is 0.131.